The van der Waals surface area contributed by atoms with Crippen molar-refractivity contribution < 1.29 is 0 Å². The minimum atomic E-state index is 0.200. The summed E-state index contributed by atoms with van der Waals surface area (Å²) in [6.07, 6.45) is 14.1. The zero-order valence-corrected chi connectivity index (χ0v) is 22.9. The molecular weight excluding hydrogens is 398 g/mol. The highest BCUT2D eigenvalue weighted by molar-refractivity contribution is 6.11. The van der Waals surface area contributed by atoms with Crippen molar-refractivity contribution in [1.29, 1.82) is 5.41 Å². The Labute approximate surface area is 206 Å². The highest BCUT2D eigenvalue weighted by Gasteiger charge is 2.22. The van der Waals surface area contributed by atoms with E-state index in [1.807, 2.05) is 6.92 Å². The van der Waals surface area contributed by atoms with Gasteiger partial charge >= 0.3 is 0 Å². The molecule has 0 amide bonds. The molecule has 0 spiro atoms. The molecular formula is C32H51N. The first-order valence-corrected chi connectivity index (χ1v) is 12.8. The van der Waals surface area contributed by atoms with Crippen molar-refractivity contribution >= 4 is 5.71 Å². The van der Waals surface area contributed by atoms with Crippen LogP contribution in [0, 0.1) is 17.2 Å². The van der Waals surface area contributed by atoms with Gasteiger partial charge in [-0.05, 0) is 94.3 Å². The molecule has 184 valence electrons. The monoisotopic (exact) mass is 449 g/mol. The summed E-state index contributed by atoms with van der Waals surface area (Å²) in [5, 5.41) is 9.17. The van der Waals surface area contributed by atoms with E-state index in [1.54, 1.807) is 0 Å². The molecule has 2 atom stereocenters. The summed E-state index contributed by atoms with van der Waals surface area (Å²) in [5.74, 6) is 0.744. The molecule has 1 N–H and O–H groups in total. The summed E-state index contributed by atoms with van der Waals surface area (Å²) in [6, 6.07) is 0. The number of hydrogen-bond donors (Lipinski definition) is 1. The maximum Gasteiger partial charge on any atom is 0.0606 e. The molecule has 0 aliphatic rings. The highest BCUT2D eigenvalue weighted by atomic mass is 14.5. The van der Waals surface area contributed by atoms with Crippen LogP contribution in [0.3, 0.4) is 0 Å². The van der Waals surface area contributed by atoms with E-state index in [1.165, 1.54) is 29.6 Å². The van der Waals surface area contributed by atoms with E-state index in [2.05, 4.69) is 86.1 Å². The lowest BCUT2D eigenvalue weighted by Crippen LogP contribution is -2.17. The third kappa shape index (κ3) is 10.5. The highest BCUT2D eigenvalue weighted by Crippen LogP contribution is 2.34. The molecule has 0 aliphatic heterocycles. The number of allylic oxidation sites excluding steroid dienone is 10. The van der Waals surface area contributed by atoms with Crippen LogP contribution in [0.4, 0.5) is 0 Å². The molecule has 0 aromatic heterocycles. The van der Waals surface area contributed by atoms with Crippen LogP contribution in [-0.4, -0.2) is 5.71 Å². The Morgan fingerprint density at radius 2 is 1.58 bits per heavy atom. The average Bonchev–Trinajstić information content (AvgIpc) is 2.75. The zero-order valence-electron chi connectivity index (χ0n) is 22.9. The largest absolute Gasteiger partial charge is 0.300 e. The van der Waals surface area contributed by atoms with Gasteiger partial charge in [0.05, 0.1) is 5.71 Å². The van der Waals surface area contributed by atoms with E-state index in [4.69, 9.17) is 5.41 Å². The molecule has 1 heteroatoms. The number of hydrogen-bond acceptors (Lipinski definition) is 1. The maximum atomic E-state index is 9.17. The molecule has 0 aliphatic carbocycles. The van der Waals surface area contributed by atoms with Crippen LogP contribution >= 0.6 is 0 Å². The third-order valence-electron chi connectivity index (χ3n) is 6.45. The summed E-state index contributed by atoms with van der Waals surface area (Å²) < 4.78 is 0. The fourth-order valence-electron chi connectivity index (χ4n) is 4.71. The van der Waals surface area contributed by atoms with Gasteiger partial charge in [0.15, 0.2) is 0 Å². The van der Waals surface area contributed by atoms with Crippen molar-refractivity contribution in [2.75, 3.05) is 0 Å². The van der Waals surface area contributed by atoms with Gasteiger partial charge in [0.1, 0.15) is 0 Å². The van der Waals surface area contributed by atoms with Gasteiger partial charge in [-0.1, -0.05) is 94.4 Å². The predicted molar refractivity (Wildman–Crippen MR) is 152 cm³/mol. The summed E-state index contributed by atoms with van der Waals surface area (Å²) >= 11 is 0. The molecule has 0 heterocycles. The molecule has 0 saturated heterocycles. The Morgan fingerprint density at radius 1 is 0.939 bits per heavy atom. The van der Waals surface area contributed by atoms with Gasteiger partial charge in [-0.2, -0.15) is 0 Å². The van der Waals surface area contributed by atoms with Crippen LogP contribution in [0.1, 0.15) is 99.8 Å². The van der Waals surface area contributed by atoms with E-state index in [0.29, 0.717) is 18.1 Å². The molecule has 2 unspecified atom stereocenters. The van der Waals surface area contributed by atoms with Gasteiger partial charge in [-0.25, -0.2) is 0 Å². The standard InChI is InChI=1S/C32H51N/c1-12-17-19-30(25(9)14-3)31(26(10)20-23(6)7)32(33)27(11)21-24(8)22-29(18-13-2)28(15-4)16-5/h12,15,17,26,29,33H,6,8-9,11,13-14,16,18-22H2,1-5,7,10H3/b17-12?,28-15?,31-30-,33-32?. The molecule has 33 heavy (non-hydrogen) atoms. The van der Waals surface area contributed by atoms with E-state index >= 15 is 0 Å². The van der Waals surface area contributed by atoms with Gasteiger partial charge < -0.3 is 5.41 Å². The Hall–Kier alpha value is -2.15. The second kappa shape index (κ2) is 16.5. The van der Waals surface area contributed by atoms with E-state index in [9.17, 15) is 0 Å². The van der Waals surface area contributed by atoms with Crippen LogP contribution in [-0.2, 0) is 0 Å². The van der Waals surface area contributed by atoms with Gasteiger partial charge in [0.25, 0.3) is 0 Å². The Bertz CT molecular complexity index is 796. The Balaban J connectivity index is 5.98. The molecule has 0 radical (unpaired) electrons. The topological polar surface area (TPSA) is 23.9 Å². The first-order valence-electron chi connectivity index (χ1n) is 12.8. The van der Waals surface area contributed by atoms with Crippen molar-refractivity contribution in [3.8, 4) is 0 Å². The van der Waals surface area contributed by atoms with Gasteiger partial charge in [0, 0.05) is 0 Å². The minimum absolute atomic E-state index is 0.200. The first-order chi connectivity index (χ1) is 15.6. The molecule has 0 aromatic carbocycles. The molecule has 0 fully saturated rings. The van der Waals surface area contributed by atoms with E-state index in [0.717, 1.165) is 54.4 Å². The van der Waals surface area contributed by atoms with Crippen LogP contribution in [0.2, 0.25) is 0 Å². The Kier molecular flexibility index (Phi) is 15.4. The van der Waals surface area contributed by atoms with Crippen LogP contribution in [0.15, 0.2) is 83.6 Å². The average molecular weight is 450 g/mol. The van der Waals surface area contributed by atoms with Crippen LogP contribution in [0.25, 0.3) is 0 Å². The van der Waals surface area contributed by atoms with Gasteiger partial charge in [-0.3, -0.25) is 0 Å². The third-order valence-corrected chi connectivity index (χ3v) is 6.45. The molecule has 0 bridgehead atoms. The first kappa shape index (κ1) is 30.9. The fraction of sp³-hybridized carbons (Fsp3) is 0.531. The molecule has 0 rings (SSSR count). The lowest BCUT2D eigenvalue weighted by atomic mass is 9.80. The second-order valence-corrected chi connectivity index (χ2v) is 9.50. The predicted octanol–water partition coefficient (Wildman–Crippen LogP) is 10.5. The normalized spacial score (nSPS) is 14.6. The fourth-order valence-corrected chi connectivity index (χ4v) is 4.71. The van der Waals surface area contributed by atoms with Crippen molar-refractivity contribution in [1.82, 2.24) is 0 Å². The number of rotatable bonds is 17. The van der Waals surface area contributed by atoms with Crippen LogP contribution in [0.5, 0.6) is 0 Å². The Morgan fingerprint density at radius 3 is 2.03 bits per heavy atom. The van der Waals surface area contributed by atoms with Crippen molar-refractivity contribution in [2.24, 2.45) is 11.8 Å². The summed E-state index contributed by atoms with van der Waals surface area (Å²) in [4.78, 5) is 0. The molecule has 0 saturated carbocycles. The summed E-state index contributed by atoms with van der Waals surface area (Å²) in [5.41, 5.74) is 8.62. The zero-order chi connectivity index (χ0) is 25.6. The van der Waals surface area contributed by atoms with Crippen LogP contribution < -0.4 is 0 Å². The SMILES string of the molecule is C=C(C)CC(C)/C(C(=N)C(=C)CC(=C)CC(CCC)C(=CC)CC)=C(\CC=CC)C(=C)CC. The molecule has 1 nitrogen and oxygen atoms in total. The minimum Gasteiger partial charge on any atom is -0.300 e. The lowest BCUT2D eigenvalue weighted by Gasteiger charge is -2.25. The quantitative estimate of drug-likeness (QED) is 0.130. The van der Waals surface area contributed by atoms with Gasteiger partial charge in [-0.15, -0.1) is 6.58 Å². The summed E-state index contributed by atoms with van der Waals surface area (Å²) in [7, 11) is 0. The molecule has 0 aromatic rings. The van der Waals surface area contributed by atoms with E-state index in [-0.39, 0.29) is 5.92 Å². The van der Waals surface area contributed by atoms with Crippen molar-refractivity contribution in [3.63, 3.8) is 0 Å². The van der Waals surface area contributed by atoms with E-state index < -0.39 is 0 Å². The van der Waals surface area contributed by atoms with Crippen molar-refractivity contribution in [2.45, 2.75) is 99.8 Å². The maximum absolute atomic E-state index is 9.17. The second-order valence-electron chi connectivity index (χ2n) is 9.50. The number of nitrogens with one attached hydrogen (secondary N) is 1. The smallest absolute Gasteiger partial charge is 0.0606 e. The van der Waals surface area contributed by atoms with Gasteiger partial charge in [0.2, 0.25) is 0 Å². The lowest BCUT2D eigenvalue weighted by molar-refractivity contribution is 0.528. The summed E-state index contributed by atoms with van der Waals surface area (Å²) in [6.45, 7) is 32.3. The van der Waals surface area contributed by atoms with Crippen molar-refractivity contribution in [3.05, 3.63) is 83.6 Å².